The number of likely N-dealkylation sites (tertiary alicyclic amines) is 1. The Balaban J connectivity index is 0.00000341. The lowest BCUT2D eigenvalue weighted by Gasteiger charge is -2.32. The smallest absolute Gasteiger partial charge is 0.243 e. The molecule has 0 bridgehead atoms. The van der Waals surface area contributed by atoms with E-state index in [2.05, 4.69) is 9.62 Å². The van der Waals surface area contributed by atoms with Crippen LogP contribution in [0.4, 0.5) is 4.39 Å². The lowest BCUT2D eigenvalue weighted by molar-refractivity contribution is -0.131. The van der Waals surface area contributed by atoms with Crippen molar-refractivity contribution in [1.29, 1.82) is 0 Å². The van der Waals surface area contributed by atoms with Crippen molar-refractivity contribution in [3.63, 3.8) is 0 Å². The van der Waals surface area contributed by atoms with Gasteiger partial charge in [0.25, 0.3) is 0 Å². The summed E-state index contributed by atoms with van der Waals surface area (Å²) in [5.41, 5.74) is 1.51. The summed E-state index contributed by atoms with van der Waals surface area (Å²) in [6.07, 6.45) is 2.32. The summed E-state index contributed by atoms with van der Waals surface area (Å²) in [4.78, 5) is 16.7. The number of benzene rings is 2. The Morgan fingerprint density at radius 3 is 2.42 bits per heavy atom. The maximum Gasteiger partial charge on any atom is 0.243 e. The van der Waals surface area contributed by atoms with E-state index in [0.29, 0.717) is 5.56 Å². The second-order valence-corrected chi connectivity index (χ2v) is 9.44. The highest BCUT2D eigenvalue weighted by Gasteiger charge is 2.26. The molecule has 2 aromatic carbocycles. The van der Waals surface area contributed by atoms with Crippen molar-refractivity contribution in [3.8, 4) is 0 Å². The van der Waals surface area contributed by atoms with E-state index in [1.807, 2.05) is 30.3 Å². The van der Waals surface area contributed by atoms with Crippen LogP contribution in [0, 0.1) is 5.82 Å². The first-order valence-electron chi connectivity index (χ1n) is 10.1. The summed E-state index contributed by atoms with van der Waals surface area (Å²) < 4.78 is 40.2. The maximum atomic E-state index is 14.0. The zero-order valence-corrected chi connectivity index (χ0v) is 19.4. The van der Waals surface area contributed by atoms with Gasteiger partial charge in [0, 0.05) is 13.6 Å². The molecular weight excluding hydrogens is 441 g/mol. The molecule has 31 heavy (non-hydrogen) atoms. The van der Waals surface area contributed by atoms with E-state index >= 15 is 0 Å². The van der Waals surface area contributed by atoms with Crippen LogP contribution in [0.2, 0.25) is 0 Å². The Morgan fingerprint density at radius 1 is 1.16 bits per heavy atom. The largest absolute Gasteiger partial charge is 0.337 e. The first-order valence-corrected chi connectivity index (χ1v) is 11.5. The molecule has 0 aromatic heterocycles. The van der Waals surface area contributed by atoms with Crippen LogP contribution in [0.25, 0.3) is 0 Å². The predicted molar refractivity (Wildman–Crippen MR) is 121 cm³/mol. The summed E-state index contributed by atoms with van der Waals surface area (Å²) in [7, 11) is -0.945. The lowest BCUT2D eigenvalue weighted by Crippen LogP contribution is -2.39. The minimum absolute atomic E-state index is 0. The number of nitrogens with one attached hydrogen (secondary N) is 1. The lowest BCUT2D eigenvalue weighted by atomic mass is 10.0. The number of hydrogen-bond acceptors (Lipinski definition) is 4. The molecule has 1 amide bonds. The average molecular weight is 470 g/mol. The van der Waals surface area contributed by atoms with Crippen LogP contribution in [0.3, 0.4) is 0 Å². The fraction of sp³-hybridized carbons (Fsp3) is 0.409. The van der Waals surface area contributed by atoms with Crippen molar-refractivity contribution >= 4 is 28.3 Å². The van der Waals surface area contributed by atoms with Crippen molar-refractivity contribution in [2.45, 2.75) is 30.2 Å². The second kappa shape index (κ2) is 11.0. The molecule has 1 aliphatic rings. The van der Waals surface area contributed by atoms with E-state index in [0.717, 1.165) is 44.1 Å². The quantitative estimate of drug-likeness (QED) is 0.645. The first kappa shape index (κ1) is 25.3. The van der Waals surface area contributed by atoms with Gasteiger partial charge >= 0.3 is 0 Å². The number of sulfonamides is 1. The highest BCUT2D eigenvalue weighted by Crippen LogP contribution is 2.24. The highest BCUT2D eigenvalue weighted by atomic mass is 35.5. The van der Waals surface area contributed by atoms with Gasteiger partial charge in [0.05, 0.1) is 12.5 Å². The number of rotatable bonds is 8. The SMILES string of the molecule is CNS(=O)(=O)c1cc(CC(=O)N(C)[C@H](CN2CCCC2)c2ccccc2)ccc1F.Cl. The van der Waals surface area contributed by atoms with Gasteiger partial charge < -0.3 is 9.80 Å². The molecule has 9 heteroatoms. The van der Waals surface area contributed by atoms with Crippen LogP contribution < -0.4 is 4.72 Å². The molecule has 0 aliphatic carbocycles. The van der Waals surface area contributed by atoms with Gasteiger partial charge in [-0.05, 0) is 56.2 Å². The Morgan fingerprint density at radius 2 is 1.81 bits per heavy atom. The second-order valence-electron chi connectivity index (χ2n) is 7.59. The number of carbonyl (C=O) groups is 1. The summed E-state index contributed by atoms with van der Waals surface area (Å²) in [5.74, 6) is -0.993. The van der Waals surface area contributed by atoms with Gasteiger partial charge in [-0.1, -0.05) is 36.4 Å². The van der Waals surface area contributed by atoms with Crippen molar-refractivity contribution in [1.82, 2.24) is 14.5 Å². The number of likely N-dealkylation sites (N-methyl/N-ethyl adjacent to an activating group) is 1. The van der Waals surface area contributed by atoms with E-state index in [9.17, 15) is 17.6 Å². The zero-order valence-electron chi connectivity index (χ0n) is 17.8. The fourth-order valence-electron chi connectivity index (χ4n) is 3.78. The monoisotopic (exact) mass is 469 g/mol. The minimum Gasteiger partial charge on any atom is -0.337 e. The van der Waals surface area contributed by atoms with Crippen LogP contribution in [0.1, 0.15) is 30.0 Å². The molecule has 1 fully saturated rings. The van der Waals surface area contributed by atoms with E-state index in [1.165, 1.54) is 19.2 Å². The van der Waals surface area contributed by atoms with Crippen LogP contribution in [-0.4, -0.2) is 57.9 Å². The Bertz CT molecular complexity index is 983. The van der Waals surface area contributed by atoms with E-state index < -0.39 is 20.7 Å². The van der Waals surface area contributed by atoms with Crippen LogP contribution in [0.15, 0.2) is 53.4 Å². The van der Waals surface area contributed by atoms with Gasteiger partial charge in [0.15, 0.2) is 0 Å². The normalized spacial score (nSPS) is 15.3. The van der Waals surface area contributed by atoms with Gasteiger partial charge in [-0.2, -0.15) is 0 Å². The van der Waals surface area contributed by atoms with E-state index in [4.69, 9.17) is 0 Å². The summed E-state index contributed by atoms with van der Waals surface area (Å²) >= 11 is 0. The van der Waals surface area contributed by atoms with Crippen molar-refractivity contribution in [2.24, 2.45) is 0 Å². The molecule has 1 N–H and O–H groups in total. The van der Waals surface area contributed by atoms with Crippen molar-refractivity contribution in [2.75, 3.05) is 33.7 Å². The number of hydrogen-bond donors (Lipinski definition) is 1. The standard InChI is InChI=1S/C22H28FN3O3S.ClH/c1-24-30(28,29)21-14-17(10-11-19(21)23)15-22(27)25(2)20(16-26-12-6-7-13-26)18-8-4-3-5-9-18;/h3-5,8-11,14,20,24H,6-7,12-13,15-16H2,1-2H3;1H/t20-;/m1./s1. The summed E-state index contributed by atoms with van der Waals surface area (Å²) in [5, 5.41) is 0. The molecule has 0 unspecified atom stereocenters. The third-order valence-corrected chi connectivity index (χ3v) is 7.01. The molecule has 170 valence electrons. The zero-order chi connectivity index (χ0) is 21.7. The number of nitrogens with zero attached hydrogens (tertiary/aromatic N) is 2. The molecule has 3 rings (SSSR count). The van der Waals surface area contributed by atoms with Crippen LogP contribution >= 0.6 is 12.4 Å². The molecular formula is C22H29ClFN3O3S. The topological polar surface area (TPSA) is 69.7 Å². The molecule has 1 atom stereocenters. The Labute approximate surface area is 189 Å². The van der Waals surface area contributed by atoms with Gasteiger partial charge in [-0.15, -0.1) is 12.4 Å². The third-order valence-electron chi connectivity index (χ3n) is 5.58. The van der Waals surface area contributed by atoms with Crippen molar-refractivity contribution < 1.29 is 17.6 Å². The Kier molecular flexibility index (Phi) is 9.00. The van der Waals surface area contributed by atoms with Gasteiger partial charge in [0.2, 0.25) is 15.9 Å². The van der Waals surface area contributed by atoms with Crippen LogP contribution in [0.5, 0.6) is 0 Å². The molecule has 1 aliphatic heterocycles. The van der Waals surface area contributed by atoms with Gasteiger partial charge in [-0.3, -0.25) is 4.79 Å². The average Bonchev–Trinajstić information content (AvgIpc) is 3.26. The van der Waals surface area contributed by atoms with E-state index in [1.54, 1.807) is 11.9 Å². The first-order chi connectivity index (χ1) is 14.3. The number of amides is 1. The maximum absolute atomic E-state index is 14.0. The molecule has 6 nitrogen and oxygen atoms in total. The summed E-state index contributed by atoms with van der Waals surface area (Å²) in [6.45, 7) is 2.79. The van der Waals surface area contributed by atoms with Crippen LogP contribution in [-0.2, 0) is 21.2 Å². The molecule has 2 aromatic rings. The van der Waals surface area contributed by atoms with Gasteiger partial charge in [0.1, 0.15) is 10.7 Å². The molecule has 0 radical (unpaired) electrons. The van der Waals surface area contributed by atoms with E-state index in [-0.39, 0.29) is 30.8 Å². The molecule has 1 heterocycles. The predicted octanol–water partition coefficient (Wildman–Crippen LogP) is 2.99. The Hall–Kier alpha value is -2.00. The highest BCUT2D eigenvalue weighted by molar-refractivity contribution is 7.89. The molecule has 0 saturated carbocycles. The minimum atomic E-state index is -3.94. The van der Waals surface area contributed by atoms with Gasteiger partial charge in [-0.25, -0.2) is 17.5 Å². The number of carbonyl (C=O) groups excluding carboxylic acids is 1. The summed E-state index contributed by atoms with van der Waals surface area (Å²) in [6, 6.07) is 13.5. The third kappa shape index (κ3) is 6.26. The fourth-order valence-corrected chi connectivity index (χ4v) is 4.63. The molecule has 1 saturated heterocycles. The van der Waals surface area contributed by atoms with Crippen molar-refractivity contribution in [3.05, 3.63) is 65.5 Å². The molecule has 0 spiro atoms. The number of halogens is 2.